The van der Waals surface area contributed by atoms with Crippen molar-refractivity contribution < 1.29 is 4.74 Å². The van der Waals surface area contributed by atoms with E-state index in [0.29, 0.717) is 6.04 Å². The molecule has 0 bridgehead atoms. The van der Waals surface area contributed by atoms with E-state index in [-0.39, 0.29) is 0 Å². The summed E-state index contributed by atoms with van der Waals surface area (Å²) in [7, 11) is 2.10. The number of nitrogens with zero attached hydrogens (tertiary/aromatic N) is 2. The number of fused-ring (bicyclic) bond motifs is 1. The van der Waals surface area contributed by atoms with E-state index in [0.717, 1.165) is 48.3 Å². The van der Waals surface area contributed by atoms with E-state index in [9.17, 15) is 0 Å². The van der Waals surface area contributed by atoms with E-state index in [2.05, 4.69) is 28.2 Å². The Kier molecular flexibility index (Phi) is 2.83. The molecule has 1 aromatic heterocycles. The quantitative estimate of drug-likeness (QED) is 0.792. The maximum atomic E-state index is 6.14. The Bertz CT molecular complexity index is 545. The summed E-state index contributed by atoms with van der Waals surface area (Å²) in [5, 5.41) is 8.08. The maximum Gasteiger partial charge on any atom is 0.0672 e. The van der Waals surface area contributed by atoms with Crippen molar-refractivity contribution in [2.75, 3.05) is 30.9 Å². The first-order chi connectivity index (χ1) is 8.75. The fourth-order valence-corrected chi connectivity index (χ4v) is 2.57. The largest absolute Gasteiger partial charge is 0.397 e. The molecule has 0 saturated carbocycles. The van der Waals surface area contributed by atoms with Crippen LogP contribution in [0.15, 0.2) is 18.3 Å². The molecule has 0 amide bonds. The molecular weight excluding hydrogens is 228 g/mol. The summed E-state index contributed by atoms with van der Waals surface area (Å²) >= 11 is 0. The van der Waals surface area contributed by atoms with Crippen LogP contribution in [0.2, 0.25) is 0 Å². The number of H-pyrrole nitrogens is 1. The van der Waals surface area contributed by atoms with Gasteiger partial charge < -0.3 is 15.4 Å². The van der Waals surface area contributed by atoms with Crippen LogP contribution in [0.4, 0.5) is 11.4 Å². The van der Waals surface area contributed by atoms with Gasteiger partial charge in [-0.15, -0.1) is 0 Å². The van der Waals surface area contributed by atoms with E-state index >= 15 is 0 Å². The van der Waals surface area contributed by atoms with Crippen LogP contribution < -0.4 is 10.6 Å². The Morgan fingerprint density at radius 2 is 2.17 bits per heavy atom. The van der Waals surface area contributed by atoms with Crippen LogP contribution in [-0.2, 0) is 4.74 Å². The van der Waals surface area contributed by atoms with Gasteiger partial charge in [0.05, 0.1) is 23.1 Å². The molecule has 3 N–H and O–H groups in total. The molecule has 0 aliphatic carbocycles. The SMILES string of the molecule is CN(c1cc2[nH]ncc2cc1N)C1CCOCC1. The van der Waals surface area contributed by atoms with Crippen molar-refractivity contribution in [1.82, 2.24) is 10.2 Å². The van der Waals surface area contributed by atoms with E-state index < -0.39 is 0 Å². The summed E-state index contributed by atoms with van der Waals surface area (Å²) in [5.74, 6) is 0. The Hall–Kier alpha value is -1.75. The van der Waals surface area contributed by atoms with Crippen LogP contribution in [0.3, 0.4) is 0 Å². The minimum Gasteiger partial charge on any atom is -0.397 e. The maximum absolute atomic E-state index is 6.14. The zero-order valence-corrected chi connectivity index (χ0v) is 10.5. The van der Waals surface area contributed by atoms with Crippen LogP contribution in [0.25, 0.3) is 10.9 Å². The van der Waals surface area contributed by atoms with Gasteiger partial charge in [0.25, 0.3) is 0 Å². The van der Waals surface area contributed by atoms with E-state index in [1.165, 1.54) is 0 Å². The van der Waals surface area contributed by atoms with Crippen LogP contribution in [0, 0.1) is 0 Å². The Morgan fingerprint density at radius 3 is 2.94 bits per heavy atom. The highest BCUT2D eigenvalue weighted by Crippen LogP contribution is 2.30. The zero-order chi connectivity index (χ0) is 12.5. The summed E-state index contributed by atoms with van der Waals surface area (Å²) in [6.07, 6.45) is 3.90. The highest BCUT2D eigenvalue weighted by Gasteiger charge is 2.20. The van der Waals surface area contributed by atoms with Gasteiger partial charge in [-0.1, -0.05) is 0 Å². The minimum atomic E-state index is 0.501. The van der Waals surface area contributed by atoms with Crippen molar-refractivity contribution in [3.63, 3.8) is 0 Å². The number of hydrogen-bond acceptors (Lipinski definition) is 4. The summed E-state index contributed by atoms with van der Waals surface area (Å²) in [6.45, 7) is 1.67. The van der Waals surface area contributed by atoms with E-state index in [1.807, 2.05) is 6.07 Å². The number of aromatic amines is 1. The molecule has 3 rings (SSSR count). The molecule has 0 unspecified atom stereocenters. The summed E-state index contributed by atoms with van der Waals surface area (Å²) < 4.78 is 5.40. The second kappa shape index (κ2) is 4.49. The fraction of sp³-hybridized carbons (Fsp3) is 0.462. The highest BCUT2D eigenvalue weighted by atomic mass is 16.5. The third-order valence-electron chi connectivity index (χ3n) is 3.71. The molecule has 1 aliphatic rings. The fourth-order valence-electron chi connectivity index (χ4n) is 2.57. The monoisotopic (exact) mass is 246 g/mol. The lowest BCUT2D eigenvalue weighted by molar-refractivity contribution is 0.0855. The van der Waals surface area contributed by atoms with Gasteiger partial charge in [0.2, 0.25) is 0 Å². The first-order valence-corrected chi connectivity index (χ1v) is 6.29. The number of rotatable bonds is 2. The van der Waals surface area contributed by atoms with Crippen molar-refractivity contribution in [2.45, 2.75) is 18.9 Å². The molecule has 1 aromatic carbocycles. The standard InChI is InChI=1S/C13H18N4O/c1-17(10-2-4-18-5-3-10)13-7-12-9(6-11(13)14)8-15-16-12/h6-8,10H,2-5,14H2,1H3,(H,15,16). The molecular formula is C13H18N4O. The number of aromatic nitrogens is 2. The molecule has 18 heavy (non-hydrogen) atoms. The average molecular weight is 246 g/mol. The topological polar surface area (TPSA) is 67.2 Å². The molecule has 96 valence electrons. The number of hydrogen-bond donors (Lipinski definition) is 2. The first-order valence-electron chi connectivity index (χ1n) is 6.29. The third-order valence-corrected chi connectivity index (χ3v) is 3.71. The summed E-state index contributed by atoms with van der Waals surface area (Å²) in [5.41, 5.74) is 9.04. The molecule has 5 nitrogen and oxygen atoms in total. The van der Waals surface area contributed by atoms with Crippen molar-refractivity contribution in [3.8, 4) is 0 Å². The van der Waals surface area contributed by atoms with Gasteiger partial charge in [0, 0.05) is 31.7 Å². The van der Waals surface area contributed by atoms with Gasteiger partial charge in [0.15, 0.2) is 0 Å². The van der Waals surface area contributed by atoms with Crippen molar-refractivity contribution in [1.29, 1.82) is 0 Å². The number of nitrogens with two attached hydrogens (primary N) is 1. The van der Waals surface area contributed by atoms with Gasteiger partial charge in [-0.05, 0) is 25.0 Å². The molecule has 0 spiro atoms. The van der Waals surface area contributed by atoms with Gasteiger partial charge in [0.1, 0.15) is 0 Å². The van der Waals surface area contributed by atoms with Gasteiger partial charge in [-0.25, -0.2) is 0 Å². The first kappa shape index (κ1) is 11.3. The molecule has 0 radical (unpaired) electrons. The molecule has 2 aromatic rings. The van der Waals surface area contributed by atoms with Crippen LogP contribution in [-0.4, -0.2) is 36.5 Å². The smallest absolute Gasteiger partial charge is 0.0672 e. The molecule has 1 saturated heterocycles. The number of nitrogens with one attached hydrogen (secondary N) is 1. The van der Waals surface area contributed by atoms with Gasteiger partial charge >= 0.3 is 0 Å². The zero-order valence-electron chi connectivity index (χ0n) is 10.5. The highest BCUT2D eigenvalue weighted by molar-refractivity contribution is 5.88. The van der Waals surface area contributed by atoms with E-state index in [4.69, 9.17) is 10.5 Å². The van der Waals surface area contributed by atoms with Crippen molar-refractivity contribution in [2.24, 2.45) is 0 Å². The lowest BCUT2D eigenvalue weighted by Gasteiger charge is -2.33. The second-order valence-electron chi connectivity index (χ2n) is 4.82. The summed E-state index contributed by atoms with van der Waals surface area (Å²) in [6, 6.07) is 4.55. The predicted molar refractivity (Wildman–Crippen MR) is 72.8 cm³/mol. The van der Waals surface area contributed by atoms with E-state index in [1.54, 1.807) is 6.20 Å². The lowest BCUT2D eigenvalue weighted by atomic mass is 10.1. The minimum absolute atomic E-state index is 0.501. The van der Waals surface area contributed by atoms with Gasteiger partial charge in [-0.3, -0.25) is 5.10 Å². The number of ether oxygens (including phenoxy) is 1. The molecule has 1 fully saturated rings. The molecule has 2 heterocycles. The average Bonchev–Trinajstić information content (AvgIpc) is 2.85. The van der Waals surface area contributed by atoms with Crippen molar-refractivity contribution in [3.05, 3.63) is 18.3 Å². The number of benzene rings is 1. The number of anilines is 2. The normalized spacial score (nSPS) is 17.2. The van der Waals surface area contributed by atoms with Gasteiger partial charge in [-0.2, -0.15) is 5.10 Å². The summed E-state index contributed by atoms with van der Waals surface area (Å²) in [4.78, 5) is 2.26. The molecule has 0 atom stereocenters. The third kappa shape index (κ3) is 1.90. The van der Waals surface area contributed by atoms with Crippen LogP contribution in [0.5, 0.6) is 0 Å². The predicted octanol–water partition coefficient (Wildman–Crippen LogP) is 1.76. The van der Waals surface area contributed by atoms with Crippen molar-refractivity contribution >= 4 is 22.3 Å². The Morgan fingerprint density at radius 1 is 1.39 bits per heavy atom. The van der Waals surface area contributed by atoms with Crippen LogP contribution in [0.1, 0.15) is 12.8 Å². The molecule has 1 aliphatic heterocycles. The lowest BCUT2D eigenvalue weighted by Crippen LogP contribution is -2.37. The van der Waals surface area contributed by atoms with Crippen LogP contribution >= 0.6 is 0 Å². The Balaban J connectivity index is 1.94. The second-order valence-corrected chi connectivity index (χ2v) is 4.82. The Labute approximate surface area is 106 Å². The number of nitrogen functional groups attached to an aromatic ring is 1. The molecule has 5 heteroatoms.